The van der Waals surface area contributed by atoms with E-state index < -0.39 is 5.91 Å². The van der Waals surface area contributed by atoms with Crippen LogP contribution >= 0.6 is 23.5 Å². The summed E-state index contributed by atoms with van der Waals surface area (Å²) in [6.07, 6.45) is 0. The first-order chi connectivity index (χ1) is 10.5. The van der Waals surface area contributed by atoms with Crippen LogP contribution < -0.4 is 11.1 Å². The number of anilines is 1. The molecule has 0 saturated carbocycles. The quantitative estimate of drug-likeness (QED) is 0.739. The molecule has 0 aliphatic heterocycles. The fraction of sp³-hybridized carbons (Fsp3) is 0.231. The molecule has 2 amide bonds. The molecule has 22 heavy (non-hydrogen) atoms. The Labute approximate surface area is 135 Å². The van der Waals surface area contributed by atoms with Crippen molar-refractivity contribution in [2.75, 3.05) is 16.8 Å². The van der Waals surface area contributed by atoms with Crippen molar-refractivity contribution in [3.05, 3.63) is 30.2 Å². The first kappa shape index (κ1) is 16.4. The second kappa shape index (κ2) is 7.85. The van der Waals surface area contributed by atoms with E-state index in [1.165, 1.54) is 11.8 Å². The van der Waals surface area contributed by atoms with Gasteiger partial charge in [0.05, 0.1) is 17.2 Å². The van der Waals surface area contributed by atoms with Gasteiger partial charge in [-0.25, -0.2) is 0 Å². The van der Waals surface area contributed by atoms with Crippen molar-refractivity contribution in [3.8, 4) is 0 Å². The predicted octanol–water partition coefficient (Wildman–Crippen LogP) is 1.69. The fourth-order valence-corrected chi connectivity index (χ4v) is 2.85. The van der Waals surface area contributed by atoms with E-state index in [4.69, 9.17) is 10.2 Å². The van der Waals surface area contributed by atoms with Crippen LogP contribution in [0.15, 0.2) is 38.8 Å². The van der Waals surface area contributed by atoms with Crippen LogP contribution in [0.4, 0.5) is 5.69 Å². The normalized spacial score (nSPS) is 10.4. The third-order valence-corrected chi connectivity index (χ3v) is 4.28. The summed E-state index contributed by atoms with van der Waals surface area (Å²) < 4.78 is 5.18. The maximum atomic E-state index is 12.0. The molecule has 1 aromatic heterocycles. The van der Waals surface area contributed by atoms with Crippen LogP contribution in [-0.4, -0.2) is 33.5 Å². The SMILES string of the molecule is Cc1nnc(SCC(=O)Nc2ccccc2SCC(N)=O)o1. The number of carbonyl (C=O) groups is 2. The molecule has 2 aromatic rings. The molecule has 0 unspecified atom stereocenters. The number of primary amides is 1. The van der Waals surface area contributed by atoms with E-state index in [9.17, 15) is 9.59 Å². The number of aromatic nitrogens is 2. The Morgan fingerprint density at radius 2 is 2.00 bits per heavy atom. The van der Waals surface area contributed by atoms with Crippen LogP contribution in [0.2, 0.25) is 0 Å². The number of aryl methyl sites for hydroxylation is 1. The monoisotopic (exact) mass is 338 g/mol. The van der Waals surface area contributed by atoms with Crippen LogP contribution in [0, 0.1) is 6.92 Å². The molecule has 9 heteroatoms. The van der Waals surface area contributed by atoms with E-state index in [0.717, 1.165) is 16.7 Å². The lowest BCUT2D eigenvalue weighted by Gasteiger charge is -2.09. The lowest BCUT2D eigenvalue weighted by Crippen LogP contribution is -2.16. The Kier molecular flexibility index (Phi) is 5.84. The van der Waals surface area contributed by atoms with Crippen molar-refractivity contribution in [1.29, 1.82) is 0 Å². The maximum Gasteiger partial charge on any atom is 0.277 e. The minimum Gasteiger partial charge on any atom is -0.416 e. The van der Waals surface area contributed by atoms with Gasteiger partial charge in [-0.05, 0) is 12.1 Å². The van der Waals surface area contributed by atoms with Gasteiger partial charge in [0.15, 0.2) is 0 Å². The van der Waals surface area contributed by atoms with E-state index in [2.05, 4.69) is 15.5 Å². The zero-order valence-electron chi connectivity index (χ0n) is 11.7. The number of thioether (sulfide) groups is 2. The van der Waals surface area contributed by atoms with Gasteiger partial charge in [0.1, 0.15) is 0 Å². The summed E-state index contributed by atoms with van der Waals surface area (Å²) >= 11 is 2.44. The molecule has 0 atom stereocenters. The van der Waals surface area contributed by atoms with Gasteiger partial charge >= 0.3 is 0 Å². The van der Waals surface area contributed by atoms with Crippen LogP contribution in [-0.2, 0) is 9.59 Å². The number of hydrogen-bond acceptors (Lipinski definition) is 7. The number of amides is 2. The number of nitrogens with one attached hydrogen (secondary N) is 1. The molecule has 3 N–H and O–H groups in total. The highest BCUT2D eigenvalue weighted by molar-refractivity contribution is 8.00. The first-order valence-electron chi connectivity index (χ1n) is 6.27. The van der Waals surface area contributed by atoms with E-state index in [1.54, 1.807) is 19.1 Å². The average molecular weight is 338 g/mol. The highest BCUT2D eigenvalue weighted by atomic mass is 32.2. The molecule has 1 heterocycles. The summed E-state index contributed by atoms with van der Waals surface area (Å²) in [6.45, 7) is 1.68. The number of para-hydroxylation sites is 1. The molecular formula is C13H14N4O3S2. The van der Waals surface area contributed by atoms with Crippen molar-refractivity contribution in [2.24, 2.45) is 5.73 Å². The third-order valence-electron chi connectivity index (χ3n) is 2.37. The molecule has 0 aliphatic carbocycles. The summed E-state index contributed by atoms with van der Waals surface area (Å²) in [5.74, 6) is 0.150. The zero-order chi connectivity index (χ0) is 15.9. The van der Waals surface area contributed by atoms with Gasteiger partial charge < -0.3 is 15.5 Å². The van der Waals surface area contributed by atoms with Crippen molar-refractivity contribution in [3.63, 3.8) is 0 Å². The van der Waals surface area contributed by atoms with Crippen molar-refractivity contribution < 1.29 is 14.0 Å². The molecule has 2 rings (SSSR count). The number of nitrogens with zero attached hydrogens (tertiary/aromatic N) is 2. The highest BCUT2D eigenvalue weighted by Crippen LogP contribution is 2.27. The predicted molar refractivity (Wildman–Crippen MR) is 84.7 cm³/mol. The number of carbonyl (C=O) groups excluding carboxylic acids is 2. The molecule has 0 bridgehead atoms. The minimum absolute atomic E-state index is 0.149. The van der Waals surface area contributed by atoms with E-state index in [0.29, 0.717) is 16.8 Å². The van der Waals surface area contributed by atoms with Gasteiger partial charge in [-0.1, -0.05) is 23.9 Å². The number of rotatable bonds is 7. The van der Waals surface area contributed by atoms with E-state index in [1.807, 2.05) is 12.1 Å². The maximum absolute atomic E-state index is 12.0. The lowest BCUT2D eigenvalue weighted by molar-refractivity contribution is -0.115. The Balaban J connectivity index is 1.91. The molecule has 0 radical (unpaired) electrons. The summed E-state index contributed by atoms with van der Waals surface area (Å²) in [5, 5.41) is 10.6. The average Bonchev–Trinajstić information content (AvgIpc) is 2.90. The molecule has 0 fully saturated rings. The fourth-order valence-electron chi connectivity index (χ4n) is 1.49. The summed E-state index contributed by atoms with van der Waals surface area (Å²) in [4.78, 5) is 23.6. The van der Waals surface area contributed by atoms with Gasteiger partial charge in [0.2, 0.25) is 17.7 Å². The van der Waals surface area contributed by atoms with Crippen LogP contribution in [0.1, 0.15) is 5.89 Å². The standard InChI is InChI=1S/C13H14N4O3S2/c1-8-16-17-13(20-8)22-7-12(19)15-9-4-2-3-5-10(9)21-6-11(14)18/h2-5H,6-7H2,1H3,(H2,14,18)(H,15,19). The smallest absolute Gasteiger partial charge is 0.277 e. The Morgan fingerprint density at radius 3 is 2.68 bits per heavy atom. The van der Waals surface area contributed by atoms with Gasteiger partial charge in [-0.3, -0.25) is 9.59 Å². The topological polar surface area (TPSA) is 111 Å². The number of benzene rings is 1. The van der Waals surface area contributed by atoms with E-state index in [-0.39, 0.29) is 17.4 Å². The molecule has 116 valence electrons. The Morgan fingerprint density at radius 1 is 1.23 bits per heavy atom. The lowest BCUT2D eigenvalue weighted by atomic mass is 10.3. The molecule has 0 saturated heterocycles. The van der Waals surface area contributed by atoms with Gasteiger partial charge in [0, 0.05) is 11.8 Å². The summed E-state index contributed by atoms with van der Waals surface area (Å²) in [6, 6.07) is 7.22. The van der Waals surface area contributed by atoms with Crippen molar-refractivity contribution >= 4 is 41.0 Å². The molecule has 7 nitrogen and oxygen atoms in total. The van der Waals surface area contributed by atoms with Crippen molar-refractivity contribution in [1.82, 2.24) is 10.2 Å². The van der Waals surface area contributed by atoms with Crippen LogP contribution in [0.25, 0.3) is 0 Å². The number of hydrogen-bond donors (Lipinski definition) is 2. The molecule has 1 aromatic carbocycles. The zero-order valence-corrected chi connectivity index (χ0v) is 13.4. The molecule has 0 aliphatic rings. The molecular weight excluding hydrogens is 324 g/mol. The van der Waals surface area contributed by atoms with Crippen LogP contribution in [0.3, 0.4) is 0 Å². The highest BCUT2D eigenvalue weighted by Gasteiger charge is 2.10. The number of nitrogens with two attached hydrogens (primary N) is 1. The van der Waals surface area contributed by atoms with E-state index >= 15 is 0 Å². The Hall–Kier alpha value is -2.00. The summed E-state index contributed by atoms with van der Waals surface area (Å²) in [5.41, 5.74) is 5.77. The Bertz CT molecular complexity index is 675. The second-order valence-corrected chi connectivity index (χ2v) is 6.12. The summed E-state index contributed by atoms with van der Waals surface area (Å²) in [7, 11) is 0. The van der Waals surface area contributed by atoms with Crippen molar-refractivity contribution in [2.45, 2.75) is 17.0 Å². The van der Waals surface area contributed by atoms with Gasteiger partial charge in [-0.15, -0.1) is 22.0 Å². The largest absolute Gasteiger partial charge is 0.416 e. The third kappa shape index (κ3) is 5.08. The second-order valence-electron chi connectivity index (χ2n) is 4.17. The molecule has 0 spiro atoms. The van der Waals surface area contributed by atoms with Gasteiger partial charge in [-0.2, -0.15) is 0 Å². The minimum atomic E-state index is -0.409. The van der Waals surface area contributed by atoms with Crippen LogP contribution in [0.5, 0.6) is 0 Å². The first-order valence-corrected chi connectivity index (χ1v) is 8.24. The van der Waals surface area contributed by atoms with Gasteiger partial charge in [0.25, 0.3) is 5.22 Å².